The number of aliphatic imine (C=N–C) groups is 1. The van der Waals surface area contributed by atoms with Gasteiger partial charge >= 0.3 is 0 Å². The third-order valence-corrected chi connectivity index (χ3v) is 2.83. The Balaban J connectivity index is 0. The normalized spacial score (nSPS) is 15.1. The fraction of sp³-hybridized carbons (Fsp3) is 0.923. The van der Waals surface area contributed by atoms with Crippen molar-refractivity contribution in [2.24, 2.45) is 16.6 Å². The van der Waals surface area contributed by atoms with Crippen LogP contribution in [-0.2, 0) is 4.74 Å². The minimum Gasteiger partial charge on any atom is -0.378 e. The average molecular weight is 371 g/mol. The highest BCUT2D eigenvalue weighted by Gasteiger charge is 2.12. The Labute approximate surface area is 129 Å². The summed E-state index contributed by atoms with van der Waals surface area (Å²) >= 11 is 0. The first-order valence-electron chi connectivity index (χ1n) is 6.69. The van der Waals surface area contributed by atoms with Crippen LogP contribution in [-0.4, -0.2) is 31.3 Å². The predicted molar refractivity (Wildman–Crippen MR) is 89.7 cm³/mol. The van der Waals surface area contributed by atoms with E-state index in [1.54, 1.807) is 0 Å². The standard InChI is InChI=1S/C13H29N3O.HI/c1-6-11(5)16-13(14)15-9-8-12(10(3)4)17-7-2;/h10-12H,6-9H2,1-5H3,(H3,14,15,16);1H. The first-order chi connectivity index (χ1) is 8.01. The summed E-state index contributed by atoms with van der Waals surface area (Å²) in [5.74, 6) is 1.06. The zero-order valence-electron chi connectivity index (χ0n) is 12.4. The summed E-state index contributed by atoms with van der Waals surface area (Å²) in [4.78, 5) is 4.32. The van der Waals surface area contributed by atoms with Crippen LogP contribution in [0.2, 0.25) is 0 Å². The molecule has 0 saturated carbocycles. The van der Waals surface area contributed by atoms with Crippen molar-refractivity contribution >= 4 is 29.9 Å². The molecule has 0 spiro atoms. The summed E-state index contributed by atoms with van der Waals surface area (Å²) in [6, 6.07) is 0.381. The summed E-state index contributed by atoms with van der Waals surface area (Å²) in [5, 5.41) is 3.15. The molecule has 0 rings (SSSR count). The van der Waals surface area contributed by atoms with Crippen molar-refractivity contribution in [2.45, 2.75) is 59.6 Å². The Morgan fingerprint density at radius 3 is 2.33 bits per heavy atom. The molecule has 18 heavy (non-hydrogen) atoms. The van der Waals surface area contributed by atoms with Gasteiger partial charge < -0.3 is 15.8 Å². The molecular weight excluding hydrogens is 341 g/mol. The molecule has 0 aromatic heterocycles. The molecule has 0 fully saturated rings. The topological polar surface area (TPSA) is 59.6 Å². The van der Waals surface area contributed by atoms with Crippen LogP contribution >= 0.6 is 24.0 Å². The maximum absolute atomic E-state index is 5.78. The van der Waals surface area contributed by atoms with Gasteiger partial charge in [0.1, 0.15) is 0 Å². The van der Waals surface area contributed by atoms with Crippen molar-refractivity contribution in [2.75, 3.05) is 13.2 Å². The van der Waals surface area contributed by atoms with E-state index in [4.69, 9.17) is 10.5 Å². The van der Waals surface area contributed by atoms with E-state index < -0.39 is 0 Å². The minimum atomic E-state index is 0. The molecule has 0 aliphatic carbocycles. The van der Waals surface area contributed by atoms with Gasteiger partial charge in [0.2, 0.25) is 0 Å². The van der Waals surface area contributed by atoms with E-state index >= 15 is 0 Å². The van der Waals surface area contributed by atoms with Crippen molar-refractivity contribution in [3.8, 4) is 0 Å². The van der Waals surface area contributed by atoms with Gasteiger partial charge in [0.05, 0.1) is 6.10 Å². The number of nitrogens with two attached hydrogens (primary N) is 1. The van der Waals surface area contributed by atoms with Crippen LogP contribution in [0.15, 0.2) is 4.99 Å². The van der Waals surface area contributed by atoms with E-state index in [9.17, 15) is 0 Å². The lowest BCUT2D eigenvalue weighted by Gasteiger charge is -2.20. The van der Waals surface area contributed by atoms with Gasteiger partial charge in [0, 0.05) is 19.2 Å². The van der Waals surface area contributed by atoms with E-state index in [1.165, 1.54) is 0 Å². The Kier molecular flexibility index (Phi) is 13.5. The van der Waals surface area contributed by atoms with E-state index in [0.717, 1.165) is 26.0 Å². The zero-order chi connectivity index (χ0) is 13.3. The van der Waals surface area contributed by atoms with Gasteiger partial charge in [-0.3, -0.25) is 4.99 Å². The molecule has 2 unspecified atom stereocenters. The molecule has 0 aliphatic heterocycles. The van der Waals surface area contributed by atoms with E-state index in [2.05, 4.69) is 38.0 Å². The highest BCUT2D eigenvalue weighted by atomic mass is 127. The van der Waals surface area contributed by atoms with Gasteiger partial charge in [0.15, 0.2) is 5.96 Å². The Morgan fingerprint density at radius 2 is 1.89 bits per heavy atom. The molecule has 0 aliphatic rings. The monoisotopic (exact) mass is 371 g/mol. The van der Waals surface area contributed by atoms with Gasteiger partial charge in [-0.2, -0.15) is 0 Å². The van der Waals surface area contributed by atoms with Crippen LogP contribution in [0.1, 0.15) is 47.5 Å². The molecule has 110 valence electrons. The summed E-state index contributed by atoms with van der Waals surface area (Å²) in [6.07, 6.45) is 2.25. The van der Waals surface area contributed by atoms with Gasteiger partial charge in [-0.05, 0) is 32.6 Å². The molecule has 4 nitrogen and oxygen atoms in total. The summed E-state index contributed by atoms with van der Waals surface area (Å²) in [5.41, 5.74) is 5.78. The van der Waals surface area contributed by atoms with Crippen molar-refractivity contribution in [3.05, 3.63) is 0 Å². The second-order valence-electron chi connectivity index (χ2n) is 4.75. The summed E-state index contributed by atoms with van der Waals surface area (Å²) in [6.45, 7) is 12.1. The highest BCUT2D eigenvalue weighted by molar-refractivity contribution is 14.0. The maximum atomic E-state index is 5.78. The first kappa shape index (κ1) is 20.3. The molecule has 2 atom stereocenters. The third kappa shape index (κ3) is 9.94. The molecule has 0 saturated heterocycles. The number of ether oxygens (including phenoxy) is 1. The number of nitrogens with zero attached hydrogens (tertiary/aromatic N) is 1. The predicted octanol–water partition coefficient (Wildman–Crippen LogP) is 2.76. The van der Waals surface area contributed by atoms with Gasteiger partial charge in [-0.25, -0.2) is 0 Å². The van der Waals surface area contributed by atoms with E-state index in [-0.39, 0.29) is 30.1 Å². The Bertz CT molecular complexity index is 222. The summed E-state index contributed by atoms with van der Waals surface area (Å²) < 4.78 is 5.66. The quantitative estimate of drug-likeness (QED) is 0.392. The Hall–Kier alpha value is -0.0400. The molecule has 0 aromatic carbocycles. The number of halogens is 1. The molecule has 3 N–H and O–H groups in total. The highest BCUT2D eigenvalue weighted by Crippen LogP contribution is 2.10. The van der Waals surface area contributed by atoms with Crippen molar-refractivity contribution in [1.29, 1.82) is 0 Å². The molecule has 5 heteroatoms. The smallest absolute Gasteiger partial charge is 0.188 e. The fourth-order valence-electron chi connectivity index (χ4n) is 1.54. The van der Waals surface area contributed by atoms with Crippen LogP contribution in [0.4, 0.5) is 0 Å². The van der Waals surface area contributed by atoms with Crippen molar-refractivity contribution in [1.82, 2.24) is 5.32 Å². The zero-order valence-corrected chi connectivity index (χ0v) is 14.7. The molecular formula is C13H30IN3O. The summed E-state index contributed by atoms with van der Waals surface area (Å²) in [7, 11) is 0. The van der Waals surface area contributed by atoms with Gasteiger partial charge in [0.25, 0.3) is 0 Å². The molecule has 0 amide bonds. The third-order valence-electron chi connectivity index (χ3n) is 2.83. The number of rotatable bonds is 8. The lowest BCUT2D eigenvalue weighted by atomic mass is 10.0. The largest absolute Gasteiger partial charge is 0.378 e. The second kappa shape index (κ2) is 12.0. The molecule has 0 aromatic rings. The van der Waals surface area contributed by atoms with Crippen LogP contribution < -0.4 is 11.1 Å². The van der Waals surface area contributed by atoms with E-state index in [0.29, 0.717) is 17.9 Å². The van der Waals surface area contributed by atoms with Crippen LogP contribution in [0.5, 0.6) is 0 Å². The number of hydrogen-bond acceptors (Lipinski definition) is 2. The first-order valence-corrected chi connectivity index (χ1v) is 6.69. The maximum Gasteiger partial charge on any atom is 0.188 e. The lowest BCUT2D eigenvalue weighted by Crippen LogP contribution is -2.38. The molecule has 0 heterocycles. The number of hydrogen-bond donors (Lipinski definition) is 2. The SMILES string of the molecule is CCOC(CCN=C(N)NC(C)CC)C(C)C.I. The Morgan fingerprint density at radius 1 is 1.28 bits per heavy atom. The van der Waals surface area contributed by atoms with Gasteiger partial charge in [-0.15, -0.1) is 24.0 Å². The lowest BCUT2D eigenvalue weighted by molar-refractivity contribution is 0.0266. The van der Waals surface area contributed by atoms with Crippen LogP contribution in [0.25, 0.3) is 0 Å². The van der Waals surface area contributed by atoms with Crippen LogP contribution in [0, 0.1) is 5.92 Å². The van der Waals surface area contributed by atoms with Crippen LogP contribution in [0.3, 0.4) is 0 Å². The molecule has 0 radical (unpaired) electrons. The number of nitrogens with one attached hydrogen (secondary N) is 1. The minimum absolute atomic E-state index is 0. The van der Waals surface area contributed by atoms with Gasteiger partial charge in [-0.1, -0.05) is 20.8 Å². The van der Waals surface area contributed by atoms with Crippen molar-refractivity contribution < 1.29 is 4.74 Å². The van der Waals surface area contributed by atoms with Crippen molar-refractivity contribution in [3.63, 3.8) is 0 Å². The average Bonchev–Trinajstić information content (AvgIpc) is 2.27. The fourth-order valence-corrected chi connectivity index (χ4v) is 1.54. The number of guanidine groups is 1. The molecule has 0 bridgehead atoms. The second-order valence-corrected chi connectivity index (χ2v) is 4.75. The van der Waals surface area contributed by atoms with E-state index in [1.807, 2.05) is 6.92 Å².